The largest absolute Gasteiger partial charge is 0.343 e. The van der Waals surface area contributed by atoms with Crippen LogP contribution in [0.25, 0.3) is 0 Å². The summed E-state index contributed by atoms with van der Waals surface area (Å²) >= 11 is 0. The number of carbonyl (C=O) groups excluding carboxylic acids is 1. The second kappa shape index (κ2) is 6.38. The lowest BCUT2D eigenvalue weighted by molar-refractivity contribution is 0.203. The van der Waals surface area contributed by atoms with Gasteiger partial charge >= 0.3 is 6.03 Å². The maximum absolute atomic E-state index is 12.0. The van der Waals surface area contributed by atoms with Crippen LogP contribution in [0, 0.1) is 13.8 Å². The summed E-state index contributed by atoms with van der Waals surface area (Å²) in [6, 6.07) is 1.91. The Hall–Kier alpha value is -2.38. The maximum Gasteiger partial charge on any atom is 0.317 e. The SMILES string of the molecule is Cc1cc(C)n([C@H](C)CNC(=O)N(C)Cc2ncon2)n1. The van der Waals surface area contributed by atoms with Gasteiger partial charge in [0.25, 0.3) is 0 Å². The molecular formula is C13H20N6O2. The molecule has 8 heteroatoms. The number of aryl methyl sites for hydroxylation is 2. The van der Waals surface area contributed by atoms with Gasteiger partial charge in [-0.2, -0.15) is 10.1 Å². The number of carbonyl (C=O) groups is 1. The molecule has 2 aromatic rings. The van der Waals surface area contributed by atoms with Crippen molar-refractivity contribution in [2.75, 3.05) is 13.6 Å². The van der Waals surface area contributed by atoms with Crippen molar-refractivity contribution in [2.24, 2.45) is 0 Å². The summed E-state index contributed by atoms with van der Waals surface area (Å²) in [5.74, 6) is 0.472. The first-order valence-electron chi connectivity index (χ1n) is 6.74. The van der Waals surface area contributed by atoms with E-state index in [-0.39, 0.29) is 12.1 Å². The number of hydrogen-bond donors (Lipinski definition) is 1. The lowest BCUT2D eigenvalue weighted by atomic mass is 10.3. The Morgan fingerprint density at radius 2 is 2.29 bits per heavy atom. The number of rotatable bonds is 5. The minimum absolute atomic E-state index is 0.0845. The molecule has 0 saturated carbocycles. The number of nitrogens with zero attached hydrogens (tertiary/aromatic N) is 5. The van der Waals surface area contributed by atoms with Crippen molar-refractivity contribution >= 4 is 6.03 Å². The Bertz CT molecular complexity index is 592. The van der Waals surface area contributed by atoms with Crippen LogP contribution in [0.15, 0.2) is 17.0 Å². The Balaban J connectivity index is 1.84. The van der Waals surface area contributed by atoms with Gasteiger partial charge < -0.3 is 14.7 Å². The molecule has 8 nitrogen and oxygen atoms in total. The standard InChI is InChI=1S/C13H20N6O2/c1-9-5-10(2)19(16-9)11(3)6-14-13(20)18(4)7-12-15-8-21-17-12/h5,8,11H,6-7H2,1-4H3,(H,14,20)/t11-/m1/s1. The predicted octanol–water partition coefficient (Wildman–Crippen LogP) is 1.29. The van der Waals surface area contributed by atoms with E-state index in [9.17, 15) is 4.79 Å². The third-order valence-corrected chi connectivity index (χ3v) is 3.14. The van der Waals surface area contributed by atoms with E-state index in [1.54, 1.807) is 7.05 Å². The summed E-state index contributed by atoms with van der Waals surface area (Å²) in [6.45, 7) is 6.76. The number of hydrogen-bond acceptors (Lipinski definition) is 5. The molecule has 2 amide bonds. The number of urea groups is 1. The maximum atomic E-state index is 12.0. The highest BCUT2D eigenvalue weighted by Gasteiger charge is 2.14. The van der Waals surface area contributed by atoms with Crippen LogP contribution in [0.1, 0.15) is 30.2 Å². The first-order valence-corrected chi connectivity index (χ1v) is 6.74. The lowest BCUT2D eigenvalue weighted by Gasteiger charge is -2.19. The first kappa shape index (κ1) is 15.0. The fourth-order valence-electron chi connectivity index (χ4n) is 2.09. The third-order valence-electron chi connectivity index (χ3n) is 3.14. The summed E-state index contributed by atoms with van der Waals surface area (Å²) < 4.78 is 6.55. The smallest absolute Gasteiger partial charge is 0.317 e. The molecule has 1 N–H and O–H groups in total. The minimum atomic E-state index is -0.187. The second-order valence-electron chi connectivity index (χ2n) is 5.11. The van der Waals surface area contributed by atoms with Gasteiger partial charge in [0, 0.05) is 19.3 Å². The van der Waals surface area contributed by atoms with Crippen molar-refractivity contribution in [2.45, 2.75) is 33.4 Å². The first-order chi connectivity index (χ1) is 9.97. The van der Waals surface area contributed by atoms with E-state index >= 15 is 0 Å². The lowest BCUT2D eigenvalue weighted by Crippen LogP contribution is -2.39. The zero-order valence-electron chi connectivity index (χ0n) is 12.7. The summed E-state index contributed by atoms with van der Waals surface area (Å²) in [7, 11) is 1.68. The van der Waals surface area contributed by atoms with E-state index in [2.05, 4.69) is 25.1 Å². The molecule has 21 heavy (non-hydrogen) atoms. The molecule has 114 valence electrons. The average molecular weight is 292 g/mol. The van der Waals surface area contributed by atoms with E-state index in [4.69, 9.17) is 0 Å². The number of aromatic nitrogens is 4. The number of nitrogens with one attached hydrogen (secondary N) is 1. The van der Waals surface area contributed by atoms with E-state index in [1.807, 2.05) is 31.5 Å². The molecule has 0 radical (unpaired) electrons. The van der Waals surface area contributed by atoms with Gasteiger partial charge in [0.05, 0.1) is 18.3 Å². The monoisotopic (exact) mass is 292 g/mol. The van der Waals surface area contributed by atoms with Crippen LogP contribution in [0.3, 0.4) is 0 Å². The van der Waals surface area contributed by atoms with Gasteiger partial charge in [0.2, 0.25) is 6.39 Å². The molecule has 2 aromatic heterocycles. The summed E-state index contributed by atoms with van der Waals surface area (Å²) in [4.78, 5) is 17.4. The van der Waals surface area contributed by atoms with Crippen LogP contribution in [0.4, 0.5) is 4.79 Å². The fourth-order valence-corrected chi connectivity index (χ4v) is 2.09. The van der Waals surface area contributed by atoms with Gasteiger partial charge in [-0.15, -0.1) is 0 Å². The molecule has 2 rings (SSSR count). The van der Waals surface area contributed by atoms with E-state index in [1.165, 1.54) is 11.3 Å². The molecule has 0 bridgehead atoms. The van der Waals surface area contributed by atoms with Gasteiger partial charge in [0.15, 0.2) is 5.82 Å². The number of amides is 2. The molecule has 0 spiro atoms. The molecule has 2 heterocycles. The summed E-state index contributed by atoms with van der Waals surface area (Å²) in [6.07, 6.45) is 1.24. The molecule has 0 unspecified atom stereocenters. The molecule has 0 aliphatic rings. The molecule has 0 aliphatic carbocycles. The zero-order valence-corrected chi connectivity index (χ0v) is 12.7. The van der Waals surface area contributed by atoms with Crippen molar-refractivity contribution in [3.8, 4) is 0 Å². The van der Waals surface area contributed by atoms with Gasteiger partial charge in [0.1, 0.15) is 0 Å². The molecule has 0 fully saturated rings. The molecule has 0 saturated heterocycles. The Morgan fingerprint density at radius 3 is 2.86 bits per heavy atom. The molecule has 0 aromatic carbocycles. The van der Waals surface area contributed by atoms with Gasteiger partial charge in [-0.3, -0.25) is 4.68 Å². The van der Waals surface area contributed by atoms with Crippen molar-refractivity contribution in [3.63, 3.8) is 0 Å². The minimum Gasteiger partial charge on any atom is -0.343 e. The van der Waals surface area contributed by atoms with Crippen LogP contribution in [-0.2, 0) is 6.54 Å². The van der Waals surface area contributed by atoms with E-state index in [0.717, 1.165) is 11.4 Å². The highest BCUT2D eigenvalue weighted by molar-refractivity contribution is 5.73. The van der Waals surface area contributed by atoms with Gasteiger partial charge in [-0.05, 0) is 26.8 Å². The summed E-state index contributed by atoms with van der Waals surface area (Å²) in [5.41, 5.74) is 2.05. The molecule has 0 aliphatic heterocycles. The van der Waals surface area contributed by atoms with Gasteiger partial charge in [-0.25, -0.2) is 4.79 Å². The molecular weight excluding hydrogens is 272 g/mol. The second-order valence-corrected chi connectivity index (χ2v) is 5.11. The summed E-state index contributed by atoms with van der Waals surface area (Å²) in [5, 5.41) is 11.0. The van der Waals surface area contributed by atoms with Crippen molar-refractivity contribution in [3.05, 3.63) is 29.7 Å². The Kier molecular flexibility index (Phi) is 4.56. The van der Waals surface area contributed by atoms with Crippen LogP contribution in [0.2, 0.25) is 0 Å². The van der Waals surface area contributed by atoms with Crippen LogP contribution in [0.5, 0.6) is 0 Å². The van der Waals surface area contributed by atoms with E-state index in [0.29, 0.717) is 18.9 Å². The van der Waals surface area contributed by atoms with Crippen molar-refractivity contribution < 1.29 is 9.32 Å². The predicted molar refractivity (Wildman–Crippen MR) is 75.6 cm³/mol. The quantitative estimate of drug-likeness (QED) is 0.896. The Morgan fingerprint density at radius 1 is 1.52 bits per heavy atom. The van der Waals surface area contributed by atoms with Crippen molar-refractivity contribution in [1.82, 2.24) is 30.1 Å². The third kappa shape index (κ3) is 3.80. The molecule has 1 atom stereocenters. The average Bonchev–Trinajstić information content (AvgIpc) is 3.05. The van der Waals surface area contributed by atoms with Gasteiger partial charge in [-0.1, -0.05) is 5.16 Å². The van der Waals surface area contributed by atoms with Crippen LogP contribution < -0.4 is 5.32 Å². The van der Waals surface area contributed by atoms with E-state index < -0.39 is 0 Å². The fraction of sp³-hybridized carbons (Fsp3) is 0.538. The zero-order chi connectivity index (χ0) is 15.4. The van der Waals surface area contributed by atoms with Crippen LogP contribution in [-0.4, -0.2) is 44.4 Å². The normalized spacial score (nSPS) is 12.2. The highest BCUT2D eigenvalue weighted by Crippen LogP contribution is 2.09. The van der Waals surface area contributed by atoms with Crippen LogP contribution >= 0.6 is 0 Å². The highest BCUT2D eigenvalue weighted by atomic mass is 16.5. The van der Waals surface area contributed by atoms with Crippen molar-refractivity contribution in [1.29, 1.82) is 0 Å². The topological polar surface area (TPSA) is 89.1 Å². The Labute approximate surface area is 123 Å².